The van der Waals surface area contributed by atoms with Gasteiger partial charge in [-0.25, -0.2) is 4.39 Å². The van der Waals surface area contributed by atoms with Crippen molar-refractivity contribution < 1.29 is 9.13 Å². The number of likely N-dealkylation sites (tertiary alicyclic amines) is 1. The molecule has 0 bridgehead atoms. The van der Waals surface area contributed by atoms with E-state index in [2.05, 4.69) is 27.3 Å². The maximum atomic E-state index is 13.3. The van der Waals surface area contributed by atoms with Gasteiger partial charge in [0.15, 0.2) is 5.96 Å². The summed E-state index contributed by atoms with van der Waals surface area (Å²) in [6, 6.07) is 15.1. The summed E-state index contributed by atoms with van der Waals surface area (Å²) in [5, 5.41) is 3.40. The Kier molecular flexibility index (Phi) is 6.10. The van der Waals surface area contributed by atoms with Crippen molar-refractivity contribution in [3.63, 3.8) is 0 Å². The highest BCUT2D eigenvalue weighted by atomic mass is 19.1. The van der Waals surface area contributed by atoms with Gasteiger partial charge in [-0.05, 0) is 48.2 Å². The Balaban J connectivity index is 1.52. The number of hydrogen-bond acceptors (Lipinski definition) is 2. The van der Waals surface area contributed by atoms with E-state index in [0.717, 1.165) is 49.7 Å². The molecule has 26 heavy (non-hydrogen) atoms. The van der Waals surface area contributed by atoms with Crippen molar-refractivity contribution in [2.24, 2.45) is 4.99 Å². The lowest BCUT2D eigenvalue weighted by atomic mass is 9.98. The number of ether oxygens (including phenoxy) is 1. The van der Waals surface area contributed by atoms with Crippen LogP contribution in [0.15, 0.2) is 53.5 Å². The fourth-order valence-electron chi connectivity index (χ4n) is 3.44. The average molecular weight is 355 g/mol. The first-order chi connectivity index (χ1) is 12.7. The SMILES string of the molecule is CN=C(NCCc1cccc(F)c1)N1CCC(c2ccc(OC)cc2)C1. The van der Waals surface area contributed by atoms with Crippen LogP contribution in [0.3, 0.4) is 0 Å². The molecule has 1 aliphatic heterocycles. The predicted molar refractivity (Wildman–Crippen MR) is 103 cm³/mol. The zero-order valence-electron chi connectivity index (χ0n) is 15.4. The average Bonchev–Trinajstić information content (AvgIpc) is 3.15. The molecule has 138 valence electrons. The van der Waals surface area contributed by atoms with Crippen LogP contribution in [-0.2, 0) is 6.42 Å². The van der Waals surface area contributed by atoms with Crippen molar-refractivity contribution in [2.45, 2.75) is 18.8 Å². The van der Waals surface area contributed by atoms with Crippen molar-refractivity contribution in [2.75, 3.05) is 33.8 Å². The Hall–Kier alpha value is -2.56. The van der Waals surface area contributed by atoms with Crippen LogP contribution in [-0.4, -0.2) is 44.7 Å². The van der Waals surface area contributed by atoms with Gasteiger partial charge in [0.05, 0.1) is 7.11 Å². The highest BCUT2D eigenvalue weighted by Crippen LogP contribution is 2.28. The van der Waals surface area contributed by atoms with E-state index in [1.807, 2.05) is 25.2 Å². The number of hydrogen-bond donors (Lipinski definition) is 1. The minimum absolute atomic E-state index is 0.186. The molecule has 2 aromatic rings. The maximum absolute atomic E-state index is 13.3. The molecule has 0 saturated carbocycles. The monoisotopic (exact) mass is 355 g/mol. The Morgan fingerprint density at radius 1 is 1.27 bits per heavy atom. The van der Waals surface area contributed by atoms with Gasteiger partial charge in [-0.1, -0.05) is 24.3 Å². The summed E-state index contributed by atoms with van der Waals surface area (Å²) < 4.78 is 18.5. The van der Waals surface area contributed by atoms with Crippen LogP contribution in [0, 0.1) is 5.82 Å². The van der Waals surface area contributed by atoms with Gasteiger partial charge in [-0.2, -0.15) is 0 Å². The molecule has 1 N–H and O–H groups in total. The van der Waals surface area contributed by atoms with Gasteiger partial charge in [0.1, 0.15) is 11.6 Å². The Morgan fingerprint density at radius 2 is 2.08 bits per heavy atom. The largest absolute Gasteiger partial charge is 0.497 e. The van der Waals surface area contributed by atoms with Gasteiger partial charge < -0.3 is 15.0 Å². The number of rotatable bonds is 5. The van der Waals surface area contributed by atoms with Crippen LogP contribution >= 0.6 is 0 Å². The quantitative estimate of drug-likeness (QED) is 0.659. The van der Waals surface area contributed by atoms with E-state index in [1.54, 1.807) is 19.2 Å². The molecule has 0 aliphatic carbocycles. The molecule has 3 rings (SSSR count). The van der Waals surface area contributed by atoms with Crippen LogP contribution in [0.25, 0.3) is 0 Å². The number of nitrogens with one attached hydrogen (secondary N) is 1. The molecule has 1 heterocycles. The van der Waals surface area contributed by atoms with Crippen molar-refractivity contribution in [3.8, 4) is 5.75 Å². The van der Waals surface area contributed by atoms with Crippen molar-refractivity contribution in [1.29, 1.82) is 0 Å². The molecule has 1 saturated heterocycles. The van der Waals surface area contributed by atoms with Crippen LogP contribution in [0.4, 0.5) is 4.39 Å². The van der Waals surface area contributed by atoms with E-state index in [-0.39, 0.29) is 5.82 Å². The molecule has 0 spiro atoms. The van der Waals surface area contributed by atoms with Crippen molar-refractivity contribution in [1.82, 2.24) is 10.2 Å². The highest BCUT2D eigenvalue weighted by molar-refractivity contribution is 5.80. The zero-order valence-corrected chi connectivity index (χ0v) is 15.4. The fraction of sp³-hybridized carbons (Fsp3) is 0.381. The number of halogens is 1. The van der Waals surface area contributed by atoms with Crippen LogP contribution in [0.2, 0.25) is 0 Å². The fourth-order valence-corrected chi connectivity index (χ4v) is 3.44. The predicted octanol–water partition coefficient (Wildman–Crippen LogP) is 3.44. The van der Waals surface area contributed by atoms with E-state index >= 15 is 0 Å². The molecule has 0 radical (unpaired) electrons. The first kappa shape index (κ1) is 18.2. The number of aliphatic imine (C=N–C) groups is 1. The summed E-state index contributed by atoms with van der Waals surface area (Å²) in [6.45, 7) is 2.67. The lowest BCUT2D eigenvalue weighted by Gasteiger charge is -2.22. The second-order valence-corrected chi connectivity index (χ2v) is 6.56. The second kappa shape index (κ2) is 8.70. The highest BCUT2D eigenvalue weighted by Gasteiger charge is 2.25. The van der Waals surface area contributed by atoms with Crippen molar-refractivity contribution >= 4 is 5.96 Å². The summed E-state index contributed by atoms with van der Waals surface area (Å²) in [5.41, 5.74) is 2.33. The van der Waals surface area contributed by atoms with E-state index < -0.39 is 0 Å². The van der Waals surface area contributed by atoms with E-state index in [1.165, 1.54) is 11.6 Å². The smallest absolute Gasteiger partial charge is 0.193 e. The minimum Gasteiger partial charge on any atom is -0.497 e. The summed E-state index contributed by atoms with van der Waals surface area (Å²) >= 11 is 0. The van der Waals surface area contributed by atoms with Crippen molar-refractivity contribution in [3.05, 3.63) is 65.5 Å². The molecule has 1 atom stereocenters. The van der Waals surface area contributed by atoms with E-state index in [4.69, 9.17) is 4.74 Å². The third-order valence-corrected chi connectivity index (χ3v) is 4.87. The normalized spacial score (nSPS) is 17.4. The lowest BCUT2D eigenvalue weighted by molar-refractivity contribution is 0.414. The summed E-state index contributed by atoms with van der Waals surface area (Å²) in [4.78, 5) is 6.70. The number of nitrogens with zero attached hydrogens (tertiary/aromatic N) is 2. The van der Waals surface area contributed by atoms with Gasteiger partial charge in [0.2, 0.25) is 0 Å². The second-order valence-electron chi connectivity index (χ2n) is 6.56. The molecule has 4 nitrogen and oxygen atoms in total. The Labute approximate surface area is 154 Å². The van der Waals surface area contributed by atoms with Gasteiger partial charge >= 0.3 is 0 Å². The summed E-state index contributed by atoms with van der Waals surface area (Å²) in [6.07, 6.45) is 1.88. The standard InChI is InChI=1S/C21H26FN3O/c1-23-21(24-12-10-16-4-3-5-19(22)14-16)25-13-11-18(15-25)17-6-8-20(26-2)9-7-17/h3-9,14,18H,10-13,15H2,1-2H3,(H,23,24). The molecule has 5 heteroatoms. The third kappa shape index (κ3) is 4.54. The minimum atomic E-state index is -0.186. The van der Waals surface area contributed by atoms with Crippen LogP contribution in [0.5, 0.6) is 5.75 Å². The lowest BCUT2D eigenvalue weighted by Crippen LogP contribution is -2.40. The molecule has 1 unspecified atom stereocenters. The summed E-state index contributed by atoms with van der Waals surface area (Å²) in [5.74, 6) is 2.12. The molecule has 0 amide bonds. The topological polar surface area (TPSA) is 36.9 Å². The molecule has 1 aliphatic rings. The number of methoxy groups -OCH3 is 1. The van der Waals surface area contributed by atoms with Crippen LogP contribution in [0.1, 0.15) is 23.5 Å². The maximum Gasteiger partial charge on any atom is 0.193 e. The van der Waals surface area contributed by atoms with E-state index in [9.17, 15) is 4.39 Å². The van der Waals surface area contributed by atoms with E-state index in [0.29, 0.717) is 5.92 Å². The molecular weight excluding hydrogens is 329 g/mol. The third-order valence-electron chi connectivity index (χ3n) is 4.87. The van der Waals surface area contributed by atoms with Gasteiger partial charge in [0.25, 0.3) is 0 Å². The summed E-state index contributed by atoms with van der Waals surface area (Å²) in [7, 11) is 3.50. The zero-order chi connectivity index (χ0) is 18.4. The first-order valence-corrected chi connectivity index (χ1v) is 9.03. The molecule has 0 aromatic heterocycles. The Bertz CT molecular complexity index is 745. The van der Waals surface area contributed by atoms with Gasteiger partial charge in [0, 0.05) is 32.6 Å². The Morgan fingerprint density at radius 3 is 2.77 bits per heavy atom. The molecule has 1 fully saturated rings. The number of benzene rings is 2. The van der Waals surface area contributed by atoms with Gasteiger partial charge in [-0.15, -0.1) is 0 Å². The number of guanidine groups is 1. The van der Waals surface area contributed by atoms with Gasteiger partial charge in [-0.3, -0.25) is 4.99 Å². The first-order valence-electron chi connectivity index (χ1n) is 9.03. The molecular formula is C21H26FN3O. The van der Waals surface area contributed by atoms with Crippen LogP contribution < -0.4 is 10.1 Å². The molecule has 2 aromatic carbocycles.